The molecule has 0 bridgehead atoms. The highest BCUT2D eigenvalue weighted by molar-refractivity contribution is 7.26. The van der Waals surface area contributed by atoms with Gasteiger partial charge < -0.3 is 5.32 Å². The number of hydrogen-bond donors (Lipinski definition) is 1. The molecule has 2 aromatic heterocycles. The van der Waals surface area contributed by atoms with E-state index in [0.29, 0.717) is 31.3 Å². The van der Waals surface area contributed by atoms with Gasteiger partial charge in [0, 0.05) is 41.3 Å². The number of rotatable bonds is 3. The first kappa shape index (κ1) is 13.8. The first-order valence-electron chi connectivity index (χ1n) is 13.5. The Labute approximate surface area is 208 Å². The van der Waals surface area contributed by atoms with E-state index in [0.717, 1.165) is 37.2 Å². The average Bonchev–Trinajstić information content (AvgIpc) is 3.54. The molecule has 5 aromatic carbocycles. The molecule has 3 heteroatoms. The molecule has 2 heterocycles. The smallest absolute Gasteiger partial charge is 0.0652 e. The summed E-state index contributed by atoms with van der Waals surface area (Å²) < 4.78 is 55.8. The lowest BCUT2D eigenvalue weighted by atomic mass is 9.99. The molecule has 0 atom stereocenters. The van der Waals surface area contributed by atoms with Crippen LogP contribution in [0.2, 0.25) is 0 Å². The lowest BCUT2D eigenvalue weighted by Gasteiger charge is -2.09. The van der Waals surface area contributed by atoms with E-state index in [1.807, 2.05) is 54.6 Å². The Hall–Kier alpha value is -3.66. The third-order valence-corrected chi connectivity index (χ3v) is 8.04. The summed E-state index contributed by atoms with van der Waals surface area (Å²) in [7, 11) is 0. The SMILES string of the molecule is [2H]c1c(Nc2cccc3c2sc2ccccc23)c([2H])c2c(sc3c([2H])c([2H])c([2H])c(-c4ccccc4)c32)c1[2H]. The number of anilines is 2. The Morgan fingerprint density at radius 1 is 0.636 bits per heavy atom. The topological polar surface area (TPSA) is 12.0 Å². The zero-order chi connectivity index (χ0) is 27.0. The van der Waals surface area contributed by atoms with Crippen LogP contribution in [0.25, 0.3) is 51.5 Å². The highest BCUT2D eigenvalue weighted by atomic mass is 32.1. The second-order valence-corrected chi connectivity index (χ2v) is 9.85. The van der Waals surface area contributed by atoms with E-state index in [4.69, 9.17) is 6.85 Å². The third kappa shape index (κ3) is 3.05. The fraction of sp³-hybridized carbons (Fsp3) is 0. The van der Waals surface area contributed by atoms with Crippen molar-refractivity contribution in [3.05, 3.63) is 109 Å². The molecule has 0 aliphatic heterocycles. The molecule has 0 fully saturated rings. The van der Waals surface area contributed by atoms with Crippen LogP contribution in [0.1, 0.15) is 8.22 Å². The van der Waals surface area contributed by atoms with Gasteiger partial charge in [0.15, 0.2) is 0 Å². The predicted octanol–water partition coefficient (Wildman–Crippen LogP) is 9.83. The number of benzene rings is 5. The zero-order valence-corrected chi connectivity index (χ0v) is 18.9. The Morgan fingerprint density at radius 3 is 2.42 bits per heavy atom. The molecule has 33 heavy (non-hydrogen) atoms. The van der Waals surface area contributed by atoms with Gasteiger partial charge >= 0.3 is 0 Å². The molecular formula is C30H19NS2. The summed E-state index contributed by atoms with van der Waals surface area (Å²) >= 11 is 2.79. The van der Waals surface area contributed by atoms with Gasteiger partial charge in [0.1, 0.15) is 0 Å². The highest BCUT2D eigenvalue weighted by Gasteiger charge is 2.13. The van der Waals surface area contributed by atoms with Gasteiger partial charge in [0.25, 0.3) is 0 Å². The van der Waals surface area contributed by atoms with Crippen LogP contribution in [-0.2, 0) is 0 Å². The fourth-order valence-corrected chi connectivity index (χ4v) is 6.46. The van der Waals surface area contributed by atoms with E-state index in [1.165, 1.54) is 0 Å². The average molecular weight is 464 g/mol. The molecule has 0 aliphatic carbocycles. The fourth-order valence-electron chi connectivity index (χ4n) is 4.32. The van der Waals surface area contributed by atoms with Gasteiger partial charge in [-0.05, 0) is 47.4 Å². The maximum absolute atomic E-state index is 9.27. The number of thiophene rings is 2. The van der Waals surface area contributed by atoms with Crippen molar-refractivity contribution in [2.75, 3.05) is 5.32 Å². The summed E-state index contributed by atoms with van der Waals surface area (Å²) in [5.74, 6) is 0. The van der Waals surface area contributed by atoms with E-state index in [1.54, 1.807) is 11.3 Å². The Balaban J connectivity index is 1.55. The molecule has 7 aromatic rings. The van der Waals surface area contributed by atoms with Crippen LogP contribution in [0.3, 0.4) is 0 Å². The Bertz CT molecular complexity index is 2110. The predicted molar refractivity (Wildman–Crippen MR) is 147 cm³/mol. The van der Waals surface area contributed by atoms with E-state index >= 15 is 0 Å². The van der Waals surface area contributed by atoms with Gasteiger partial charge in [0.05, 0.1) is 18.6 Å². The number of hydrogen-bond acceptors (Lipinski definition) is 3. The molecule has 0 saturated carbocycles. The zero-order valence-electron chi connectivity index (χ0n) is 23.2. The first-order chi connectivity index (χ1) is 18.9. The van der Waals surface area contributed by atoms with Crippen molar-refractivity contribution in [1.82, 2.24) is 0 Å². The maximum Gasteiger partial charge on any atom is 0.0652 e. The van der Waals surface area contributed by atoms with E-state index in [2.05, 4.69) is 23.5 Å². The molecule has 0 spiro atoms. The summed E-state index contributed by atoms with van der Waals surface area (Å²) in [6.07, 6.45) is 0. The molecule has 0 amide bonds. The summed E-state index contributed by atoms with van der Waals surface area (Å²) in [6.45, 7) is 0. The number of nitrogens with one attached hydrogen (secondary N) is 1. The van der Waals surface area contributed by atoms with Crippen LogP contribution in [0.15, 0.2) is 109 Å². The standard InChI is InChI=1S/C30H19NS2/c1-2-8-19(9-3-1)21-11-7-15-28-29(21)24-18-20(16-17-27(24)32-28)31-25-13-6-12-23-22-10-4-5-14-26(22)33-30(23)25/h1-18,31H/i7D,11D,15D,16D,17D,18D. The van der Waals surface area contributed by atoms with E-state index in [-0.39, 0.29) is 41.9 Å². The molecule has 0 saturated heterocycles. The summed E-state index contributed by atoms with van der Waals surface area (Å²) in [4.78, 5) is 0. The summed E-state index contributed by atoms with van der Waals surface area (Å²) in [5.41, 5.74) is 2.16. The third-order valence-electron chi connectivity index (χ3n) is 5.80. The van der Waals surface area contributed by atoms with Crippen LogP contribution in [0.5, 0.6) is 0 Å². The minimum absolute atomic E-state index is 0.0373. The van der Waals surface area contributed by atoms with Crippen LogP contribution >= 0.6 is 22.7 Å². The lowest BCUT2D eigenvalue weighted by molar-refractivity contribution is 1.63. The lowest BCUT2D eigenvalue weighted by Crippen LogP contribution is -1.90. The van der Waals surface area contributed by atoms with Gasteiger partial charge in [0.2, 0.25) is 0 Å². The van der Waals surface area contributed by atoms with Crippen molar-refractivity contribution in [3.8, 4) is 11.1 Å². The summed E-state index contributed by atoms with van der Waals surface area (Å²) in [6, 6.07) is 22.9. The molecule has 1 N–H and O–H groups in total. The molecule has 7 rings (SSSR count). The maximum atomic E-state index is 9.27. The minimum atomic E-state index is -0.188. The monoisotopic (exact) mass is 463 g/mol. The molecule has 156 valence electrons. The first-order valence-corrected chi connectivity index (χ1v) is 12.2. The Morgan fingerprint density at radius 2 is 1.48 bits per heavy atom. The second kappa shape index (κ2) is 7.45. The quantitative estimate of drug-likeness (QED) is 0.275. The molecule has 1 nitrogen and oxygen atoms in total. The second-order valence-electron chi connectivity index (χ2n) is 7.78. The molecule has 0 radical (unpaired) electrons. The van der Waals surface area contributed by atoms with E-state index < -0.39 is 0 Å². The molecule has 0 unspecified atom stereocenters. The Kier molecular flexibility index (Phi) is 3.11. The largest absolute Gasteiger partial charge is 0.354 e. The van der Waals surface area contributed by atoms with Crippen molar-refractivity contribution >= 4 is 74.4 Å². The van der Waals surface area contributed by atoms with E-state index in [9.17, 15) is 1.37 Å². The van der Waals surface area contributed by atoms with Gasteiger partial charge in [-0.2, -0.15) is 0 Å². The van der Waals surface area contributed by atoms with Crippen molar-refractivity contribution < 1.29 is 8.22 Å². The molecular weight excluding hydrogens is 438 g/mol. The van der Waals surface area contributed by atoms with Crippen molar-refractivity contribution in [2.24, 2.45) is 0 Å². The van der Waals surface area contributed by atoms with Crippen molar-refractivity contribution in [1.29, 1.82) is 0 Å². The van der Waals surface area contributed by atoms with Crippen LogP contribution < -0.4 is 5.32 Å². The van der Waals surface area contributed by atoms with Crippen LogP contribution in [0.4, 0.5) is 11.4 Å². The van der Waals surface area contributed by atoms with Crippen LogP contribution in [0, 0.1) is 0 Å². The minimum Gasteiger partial charge on any atom is -0.354 e. The van der Waals surface area contributed by atoms with Crippen molar-refractivity contribution in [2.45, 2.75) is 0 Å². The van der Waals surface area contributed by atoms with Crippen LogP contribution in [-0.4, -0.2) is 0 Å². The highest BCUT2D eigenvalue weighted by Crippen LogP contribution is 2.42. The summed E-state index contributed by atoms with van der Waals surface area (Å²) in [5, 5.41) is 6.50. The van der Waals surface area contributed by atoms with Crippen molar-refractivity contribution in [3.63, 3.8) is 0 Å². The van der Waals surface area contributed by atoms with Gasteiger partial charge in [-0.1, -0.05) is 72.7 Å². The number of fused-ring (bicyclic) bond motifs is 6. The van der Waals surface area contributed by atoms with Gasteiger partial charge in [-0.15, -0.1) is 22.7 Å². The normalized spacial score (nSPS) is 14.2. The van der Waals surface area contributed by atoms with Gasteiger partial charge in [-0.3, -0.25) is 0 Å². The van der Waals surface area contributed by atoms with Gasteiger partial charge in [-0.25, -0.2) is 0 Å². The molecule has 0 aliphatic rings.